The Hall–Kier alpha value is -2.38. The second kappa shape index (κ2) is 7.02. The van der Waals surface area contributed by atoms with E-state index in [2.05, 4.69) is 44.3 Å². The summed E-state index contributed by atoms with van der Waals surface area (Å²) in [6.45, 7) is 9.23. The van der Waals surface area contributed by atoms with E-state index in [1.807, 2.05) is 18.7 Å². The smallest absolute Gasteiger partial charge is 0.191 e. The van der Waals surface area contributed by atoms with Gasteiger partial charge in [-0.05, 0) is 27.2 Å². The average Bonchev–Trinajstić information content (AvgIpc) is 3.21. The Labute approximate surface area is 142 Å². The highest BCUT2D eigenvalue weighted by Gasteiger charge is 2.17. The van der Waals surface area contributed by atoms with E-state index in [1.165, 1.54) is 5.56 Å². The fourth-order valence-corrected chi connectivity index (χ4v) is 3.05. The molecule has 0 amide bonds. The zero-order valence-corrected chi connectivity index (χ0v) is 14.9. The van der Waals surface area contributed by atoms with Crippen molar-refractivity contribution < 1.29 is 0 Å². The van der Waals surface area contributed by atoms with Crippen molar-refractivity contribution in [3.8, 4) is 0 Å². The van der Waals surface area contributed by atoms with Crippen LogP contribution in [0, 0.1) is 13.8 Å². The average molecular weight is 330 g/mol. The van der Waals surface area contributed by atoms with Crippen LogP contribution in [0.2, 0.25) is 0 Å². The van der Waals surface area contributed by atoms with Crippen molar-refractivity contribution in [2.75, 3.05) is 6.54 Å². The molecule has 0 aliphatic carbocycles. The lowest BCUT2D eigenvalue weighted by molar-refractivity contribution is 0.663. The van der Waals surface area contributed by atoms with Gasteiger partial charge < -0.3 is 15.2 Å². The van der Waals surface area contributed by atoms with Gasteiger partial charge in [0.05, 0.1) is 18.8 Å². The Balaban J connectivity index is 1.67. The van der Waals surface area contributed by atoms with Gasteiger partial charge in [0.2, 0.25) is 0 Å². The lowest BCUT2D eigenvalue weighted by Gasteiger charge is -2.11. The van der Waals surface area contributed by atoms with Crippen LogP contribution in [0.3, 0.4) is 0 Å². The van der Waals surface area contributed by atoms with E-state index < -0.39 is 0 Å². The number of hydrogen-bond acceptors (Lipinski definition) is 4. The third kappa shape index (κ3) is 3.27. The minimum absolute atomic E-state index is 0.610. The number of rotatable bonds is 5. The van der Waals surface area contributed by atoms with Crippen LogP contribution >= 0.6 is 0 Å². The normalized spacial score (nSPS) is 14.1. The molecule has 0 atom stereocenters. The summed E-state index contributed by atoms with van der Waals surface area (Å²) in [6, 6.07) is 0. The quantitative estimate of drug-likeness (QED) is 0.626. The summed E-state index contributed by atoms with van der Waals surface area (Å²) < 4.78 is 4.10. The van der Waals surface area contributed by atoms with Crippen molar-refractivity contribution in [2.45, 2.75) is 53.2 Å². The molecule has 8 nitrogen and oxygen atoms in total. The van der Waals surface area contributed by atoms with Gasteiger partial charge in [-0.3, -0.25) is 4.68 Å². The van der Waals surface area contributed by atoms with Crippen LogP contribution < -0.4 is 10.6 Å². The Morgan fingerprint density at radius 1 is 1.25 bits per heavy atom. The highest BCUT2D eigenvalue weighted by atomic mass is 15.3. The first-order valence-electron chi connectivity index (χ1n) is 8.52. The number of fused-ring (bicyclic) bond motifs is 1. The van der Waals surface area contributed by atoms with Gasteiger partial charge in [-0.15, -0.1) is 10.2 Å². The van der Waals surface area contributed by atoms with Crippen LogP contribution in [0.15, 0.2) is 4.99 Å². The number of nitrogens with zero attached hydrogens (tertiary/aromatic N) is 6. The molecule has 2 aromatic heterocycles. The van der Waals surface area contributed by atoms with Crippen LogP contribution in [0.5, 0.6) is 0 Å². The minimum atomic E-state index is 0.610. The molecule has 0 bridgehead atoms. The van der Waals surface area contributed by atoms with Gasteiger partial charge >= 0.3 is 0 Å². The number of aryl methyl sites for hydroxylation is 3. The van der Waals surface area contributed by atoms with Crippen LogP contribution in [0.1, 0.15) is 41.9 Å². The Morgan fingerprint density at radius 2 is 2.08 bits per heavy atom. The third-order valence-corrected chi connectivity index (χ3v) is 4.50. The molecule has 3 heterocycles. The Morgan fingerprint density at radius 3 is 2.79 bits per heavy atom. The molecule has 0 radical (unpaired) electrons. The van der Waals surface area contributed by atoms with Crippen LogP contribution in [-0.2, 0) is 33.1 Å². The summed E-state index contributed by atoms with van der Waals surface area (Å²) >= 11 is 0. The van der Waals surface area contributed by atoms with Crippen molar-refractivity contribution in [3.05, 3.63) is 28.6 Å². The number of hydrogen-bond donors (Lipinski definition) is 2. The van der Waals surface area contributed by atoms with Crippen LogP contribution in [-0.4, -0.2) is 37.0 Å². The maximum atomic E-state index is 4.70. The van der Waals surface area contributed by atoms with Gasteiger partial charge in [-0.2, -0.15) is 5.10 Å². The van der Waals surface area contributed by atoms with E-state index in [-0.39, 0.29) is 0 Å². The van der Waals surface area contributed by atoms with Gasteiger partial charge in [-0.1, -0.05) is 0 Å². The number of nitrogens with one attached hydrogen (secondary N) is 2. The fraction of sp³-hybridized carbons (Fsp3) is 0.625. The van der Waals surface area contributed by atoms with E-state index in [9.17, 15) is 0 Å². The summed E-state index contributed by atoms with van der Waals surface area (Å²) in [5.41, 5.74) is 3.37. The summed E-state index contributed by atoms with van der Waals surface area (Å²) in [6.07, 6.45) is 2.19. The van der Waals surface area contributed by atoms with Crippen molar-refractivity contribution in [2.24, 2.45) is 12.0 Å². The molecule has 0 spiro atoms. The molecular formula is C16H26N8. The van der Waals surface area contributed by atoms with Gasteiger partial charge in [0, 0.05) is 37.8 Å². The van der Waals surface area contributed by atoms with Gasteiger partial charge in [0.1, 0.15) is 5.82 Å². The van der Waals surface area contributed by atoms with Crippen LogP contribution in [0.25, 0.3) is 0 Å². The molecule has 24 heavy (non-hydrogen) atoms. The number of guanidine groups is 1. The van der Waals surface area contributed by atoms with E-state index in [0.717, 1.165) is 54.9 Å². The van der Waals surface area contributed by atoms with Crippen LogP contribution in [0.4, 0.5) is 0 Å². The maximum absolute atomic E-state index is 4.70. The summed E-state index contributed by atoms with van der Waals surface area (Å²) in [4.78, 5) is 4.70. The van der Waals surface area contributed by atoms with Crippen molar-refractivity contribution in [1.82, 2.24) is 35.2 Å². The third-order valence-electron chi connectivity index (χ3n) is 4.50. The summed E-state index contributed by atoms with van der Waals surface area (Å²) in [5.74, 6) is 2.85. The SMILES string of the molecule is CCNC(=NCc1c(C)nn(C)c1C)NCc1nnc2n1CCC2. The fourth-order valence-electron chi connectivity index (χ4n) is 3.05. The van der Waals surface area contributed by atoms with E-state index >= 15 is 0 Å². The van der Waals surface area contributed by atoms with Crippen molar-refractivity contribution in [1.29, 1.82) is 0 Å². The zero-order chi connectivity index (χ0) is 17.1. The van der Waals surface area contributed by atoms with E-state index in [4.69, 9.17) is 4.99 Å². The topological polar surface area (TPSA) is 84.9 Å². The molecule has 0 saturated heterocycles. The lowest BCUT2D eigenvalue weighted by atomic mass is 10.2. The lowest BCUT2D eigenvalue weighted by Crippen LogP contribution is -2.37. The Bertz CT molecular complexity index is 740. The molecule has 0 saturated carbocycles. The molecule has 1 aliphatic rings. The second-order valence-electron chi connectivity index (χ2n) is 6.11. The predicted molar refractivity (Wildman–Crippen MR) is 92.7 cm³/mol. The molecule has 130 valence electrons. The number of aliphatic imine (C=N–C) groups is 1. The first-order chi connectivity index (χ1) is 11.6. The van der Waals surface area contributed by atoms with Gasteiger partial charge in [0.25, 0.3) is 0 Å². The zero-order valence-electron chi connectivity index (χ0n) is 14.9. The maximum Gasteiger partial charge on any atom is 0.191 e. The van der Waals surface area contributed by atoms with E-state index in [0.29, 0.717) is 13.1 Å². The van der Waals surface area contributed by atoms with Gasteiger partial charge in [0.15, 0.2) is 11.8 Å². The standard InChI is InChI=1S/C16H26N8/c1-5-17-16(18-9-13-11(2)22-23(4)12(13)3)19-10-15-21-20-14-7-6-8-24(14)15/h5-10H2,1-4H3,(H2,17,18,19). The predicted octanol–water partition coefficient (Wildman–Crippen LogP) is 0.830. The Kier molecular flexibility index (Phi) is 4.82. The molecule has 1 aliphatic heterocycles. The number of aromatic nitrogens is 5. The molecule has 3 rings (SSSR count). The van der Waals surface area contributed by atoms with E-state index in [1.54, 1.807) is 0 Å². The summed E-state index contributed by atoms with van der Waals surface area (Å²) in [5, 5.41) is 19.6. The second-order valence-corrected chi connectivity index (χ2v) is 6.11. The minimum Gasteiger partial charge on any atom is -0.357 e. The van der Waals surface area contributed by atoms with Crippen molar-refractivity contribution in [3.63, 3.8) is 0 Å². The monoisotopic (exact) mass is 330 g/mol. The summed E-state index contributed by atoms with van der Waals surface area (Å²) in [7, 11) is 1.96. The molecule has 2 N–H and O–H groups in total. The molecule has 8 heteroatoms. The molecule has 2 aromatic rings. The first-order valence-corrected chi connectivity index (χ1v) is 8.52. The molecular weight excluding hydrogens is 304 g/mol. The van der Waals surface area contributed by atoms with Crippen molar-refractivity contribution >= 4 is 5.96 Å². The molecule has 0 unspecified atom stereocenters. The van der Waals surface area contributed by atoms with Gasteiger partial charge in [-0.25, -0.2) is 4.99 Å². The molecule has 0 fully saturated rings. The largest absolute Gasteiger partial charge is 0.357 e. The molecule has 0 aromatic carbocycles. The highest BCUT2D eigenvalue weighted by molar-refractivity contribution is 5.79. The first kappa shape index (κ1) is 16.5. The highest BCUT2D eigenvalue weighted by Crippen LogP contribution is 2.14.